The summed E-state index contributed by atoms with van der Waals surface area (Å²) in [6.07, 6.45) is 18.9. The summed E-state index contributed by atoms with van der Waals surface area (Å²) in [5.74, 6) is 2.22. The van der Waals surface area contributed by atoms with Gasteiger partial charge in [0.25, 0.3) is 0 Å². The van der Waals surface area contributed by atoms with Gasteiger partial charge < -0.3 is 4.74 Å². The van der Waals surface area contributed by atoms with E-state index >= 15 is 0 Å². The molecule has 0 aliphatic carbocycles. The molecule has 0 saturated carbocycles. The minimum Gasteiger partial charge on any atom is -0.494 e. The maximum atomic E-state index is 5.94. The molecule has 2 rings (SSSR count). The summed E-state index contributed by atoms with van der Waals surface area (Å²) < 4.78 is 5.94. The van der Waals surface area contributed by atoms with Crippen LogP contribution in [0.25, 0.3) is 11.1 Å². The molecule has 2 aromatic carbocycles. The van der Waals surface area contributed by atoms with Gasteiger partial charge in [-0.25, -0.2) is 0 Å². The van der Waals surface area contributed by atoms with Crippen molar-refractivity contribution in [1.29, 1.82) is 0 Å². The van der Waals surface area contributed by atoms with Gasteiger partial charge in [-0.3, -0.25) is 0 Å². The van der Waals surface area contributed by atoms with E-state index < -0.39 is 0 Å². The zero-order valence-corrected chi connectivity index (χ0v) is 21.6. The predicted octanol–water partition coefficient (Wildman–Crippen LogP) is 10.3. The molecule has 0 bridgehead atoms. The molecule has 0 heterocycles. The molecule has 0 aliphatic rings. The highest BCUT2D eigenvalue weighted by Gasteiger charge is 2.01. The third-order valence-corrected chi connectivity index (χ3v) is 7.17. The molecule has 0 aromatic heterocycles. The largest absolute Gasteiger partial charge is 0.494 e. The van der Waals surface area contributed by atoms with Gasteiger partial charge in [0, 0.05) is 4.90 Å². The summed E-state index contributed by atoms with van der Waals surface area (Å²) in [7, 11) is 0. The minimum atomic E-state index is 0.832. The van der Waals surface area contributed by atoms with Crippen molar-refractivity contribution in [1.82, 2.24) is 0 Å². The van der Waals surface area contributed by atoms with Gasteiger partial charge in [-0.15, -0.1) is 11.8 Å². The summed E-state index contributed by atoms with van der Waals surface area (Å²) in [6.45, 7) is 5.39. The van der Waals surface area contributed by atoms with E-state index in [1.165, 1.54) is 105 Å². The standard InChI is InChI=1S/C30H46OS/c1-3-5-7-9-11-12-13-15-25-31-29-21-17-27(18-22-29)28-19-23-30(24-20-28)32-26-16-14-10-8-6-4-2/h17-24H,3-16,25-26H2,1-2H3. The lowest BCUT2D eigenvalue weighted by Crippen LogP contribution is -1.97. The second kappa shape index (κ2) is 18.1. The predicted molar refractivity (Wildman–Crippen MR) is 144 cm³/mol. The third kappa shape index (κ3) is 12.0. The van der Waals surface area contributed by atoms with Crippen LogP contribution in [0.1, 0.15) is 104 Å². The first-order valence-corrected chi connectivity index (χ1v) is 14.3. The van der Waals surface area contributed by atoms with Crippen molar-refractivity contribution in [2.45, 2.75) is 109 Å². The van der Waals surface area contributed by atoms with E-state index in [9.17, 15) is 0 Å². The molecule has 178 valence electrons. The molecule has 0 spiro atoms. The van der Waals surface area contributed by atoms with E-state index in [-0.39, 0.29) is 0 Å². The maximum Gasteiger partial charge on any atom is 0.119 e. The molecular formula is C30H46OS. The molecule has 0 amide bonds. The van der Waals surface area contributed by atoms with Crippen LogP contribution in [0.15, 0.2) is 53.4 Å². The van der Waals surface area contributed by atoms with Crippen LogP contribution in [-0.2, 0) is 0 Å². The average Bonchev–Trinajstić information content (AvgIpc) is 2.83. The zero-order valence-electron chi connectivity index (χ0n) is 20.7. The van der Waals surface area contributed by atoms with E-state index in [0.717, 1.165) is 18.8 Å². The van der Waals surface area contributed by atoms with Gasteiger partial charge in [-0.1, -0.05) is 115 Å². The van der Waals surface area contributed by atoms with Crippen molar-refractivity contribution in [2.24, 2.45) is 0 Å². The quantitative estimate of drug-likeness (QED) is 0.154. The van der Waals surface area contributed by atoms with Gasteiger partial charge in [0.1, 0.15) is 5.75 Å². The van der Waals surface area contributed by atoms with Crippen LogP contribution in [0, 0.1) is 0 Å². The SMILES string of the molecule is CCCCCCCCCCOc1ccc(-c2ccc(SCCCCCCCC)cc2)cc1. The van der Waals surface area contributed by atoms with Crippen LogP contribution in [0.5, 0.6) is 5.75 Å². The molecule has 0 atom stereocenters. The van der Waals surface area contributed by atoms with Crippen LogP contribution >= 0.6 is 11.8 Å². The Balaban J connectivity index is 1.60. The highest BCUT2D eigenvalue weighted by atomic mass is 32.2. The summed E-state index contributed by atoms with van der Waals surface area (Å²) in [5.41, 5.74) is 2.54. The first kappa shape index (κ1) is 26.8. The second-order valence-corrected chi connectivity index (χ2v) is 10.2. The highest BCUT2D eigenvalue weighted by molar-refractivity contribution is 7.99. The number of hydrogen-bond acceptors (Lipinski definition) is 2. The molecule has 0 N–H and O–H groups in total. The Hall–Kier alpha value is -1.41. The van der Waals surface area contributed by atoms with Crippen molar-refractivity contribution in [3.8, 4) is 16.9 Å². The van der Waals surface area contributed by atoms with Crippen molar-refractivity contribution in [3.05, 3.63) is 48.5 Å². The Morgan fingerprint density at radius 1 is 0.531 bits per heavy atom. The van der Waals surface area contributed by atoms with E-state index in [0.29, 0.717) is 0 Å². The second-order valence-electron chi connectivity index (χ2n) is 8.99. The van der Waals surface area contributed by atoms with Gasteiger partial charge in [0.2, 0.25) is 0 Å². The minimum absolute atomic E-state index is 0.832. The lowest BCUT2D eigenvalue weighted by Gasteiger charge is -2.08. The molecule has 0 radical (unpaired) electrons. The Labute approximate surface area is 202 Å². The number of hydrogen-bond donors (Lipinski definition) is 0. The summed E-state index contributed by atoms with van der Waals surface area (Å²) in [6, 6.07) is 17.6. The summed E-state index contributed by atoms with van der Waals surface area (Å²) >= 11 is 1.99. The number of rotatable bonds is 19. The van der Waals surface area contributed by atoms with Gasteiger partial charge in [-0.05, 0) is 54.0 Å². The van der Waals surface area contributed by atoms with Crippen LogP contribution in [-0.4, -0.2) is 12.4 Å². The average molecular weight is 455 g/mol. The molecule has 0 fully saturated rings. The monoisotopic (exact) mass is 454 g/mol. The van der Waals surface area contributed by atoms with Crippen LogP contribution in [0.2, 0.25) is 0 Å². The Bertz CT molecular complexity index is 677. The van der Waals surface area contributed by atoms with Crippen molar-refractivity contribution in [3.63, 3.8) is 0 Å². The lowest BCUT2D eigenvalue weighted by atomic mass is 10.1. The highest BCUT2D eigenvalue weighted by Crippen LogP contribution is 2.26. The molecule has 0 unspecified atom stereocenters. The molecular weight excluding hydrogens is 408 g/mol. The number of ether oxygens (including phenoxy) is 1. The first-order valence-electron chi connectivity index (χ1n) is 13.3. The molecule has 2 heteroatoms. The normalized spacial score (nSPS) is 11.1. The molecule has 1 nitrogen and oxygen atoms in total. The van der Waals surface area contributed by atoms with E-state index in [4.69, 9.17) is 4.74 Å². The van der Waals surface area contributed by atoms with E-state index in [1.807, 2.05) is 11.8 Å². The summed E-state index contributed by atoms with van der Waals surface area (Å²) in [4.78, 5) is 1.38. The molecule has 32 heavy (non-hydrogen) atoms. The Morgan fingerprint density at radius 3 is 1.56 bits per heavy atom. The molecule has 0 saturated heterocycles. The first-order chi connectivity index (χ1) is 15.8. The van der Waals surface area contributed by atoms with Gasteiger partial charge in [0.15, 0.2) is 0 Å². The summed E-state index contributed by atoms with van der Waals surface area (Å²) in [5, 5.41) is 0. The zero-order chi connectivity index (χ0) is 22.7. The fraction of sp³-hybridized carbons (Fsp3) is 0.600. The topological polar surface area (TPSA) is 9.23 Å². The van der Waals surface area contributed by atoms with E-state index in [1.54, 1.807) is 0 Å². The lowest BCUT2D eigenvalue weighted by molar-refractivity contribution is 0.304. The smallest absolute Gasteiger partial charge is 0.119 e. The maximum absolute atomic E-state index is 5.94. The molecule has 0 aliphatic heterocycles. The Kier molecular flexibility index (Phi) is 15.2. The van der Waals surface area contributed by atoms with Crippen LogP contribution < -0.4 is 4.74 Å². The molecule has 2 aromatic rings. The van der Waals surface area contributed by atoms with Gasteiger partial charge >= 0.3 is 0 Å². The third-order valence-electron chi connectivity index (χ3n) is 6.08. The van der Waals surface area contributed by atoms with Crippen molar-refractivity contribution in [2.75, 3.05) is 12.4 Å². The number of unbranched alkanes of at least 4 members (excludes halogenated alkanes) is 12. The van der Waals surface area contributed by atoms with Gasteiger partial charge in [0.05, 0.1) is 6.61 Å². The van der Waals surface area contributed by atoms with Crippen molar-refractivity contribution >= 4 is 11.8 Å². The van der Waals surface area contributed by atoms with Gasteiger partial charge in [-0.2, -0.15) is 0 Å². The van der Waals surface area contributed by atoms with E-state index in [2.05, 4.69) is 62.4 Å². The number of benzene rings is 2. The van der Waals surface area contributed by atoms with Crippen molar-refractivity contribution < 1.29 is 4.74 Å². The fourth-order valence-corrected chi connectivity index (χ4v) is 4.90. The Morgan fingerprint density at radius 2 is 1.00 bits per heavy atom. The van der Waals surface area contributed by atoms with Crippen LogP contribution in [0.4, 0.5) is 0 Å². The number of thioether (sulfide) groups is 1. The van der Waals surface area contributed by atoms with Crippen LogP contribution in [0.3, 0.4) is 0 Å². The fourth-order valence-electron chi connectivity index (χ4n) is 3.99.